The average Bonchev–Trinajstić information content (AvgIpc) is 3.02. The number of hydrogen-bond acceptors (Lipinski definition) is 2. The van der Waals surface area contributed by atoms with Crippen LogP contribution in [0, 0.1) is 0 Å². The first-order chi connectivity index (χ1) is 11.7. The molecule has 2 N–H and O–H groups in total. The van der Waals surface area contributed by atoms with Crippen molar-refractivity contribution in [1.82, 2.24) is 10.3 Å². The van der Waals surface area contributed by atoms with Gasteiger partial charge in [-0.25, -0.2) is 4.79 Å². The number of H-pyrrole nitrogens is 1. The Morgan fingerprint density at radius 1 is 1.17 bits per heavy atom. The zero-order valence-corrected chi connectivity index (χ0v) is 14.5. The van der Waals surface area contributed by atoms with E-state index in [2.05, 4.69) is 26.2 Å². The van der Waals surface area contributed by atoms with Crippen molar-refractivity contribution in [2.45, 2.75) is 6.61 Å². The second-order valence-corrected chi connectivity index (χ2v) is 6.11. The van der Waals surface area contributed by atoms with E-state index in [4.69, 9.17) is 4.74 Å². The summed E-state index contributed by atoms with van der Waals surface area (Å²) in [5, 5.41) is 3.83. The zero-order valence-electron chi connectivity index (χ0n) is 13.0. The Labute approximate surface area is 148 Å². The summed E-state index contributed by atoms with van der Waals surface area (Å²) in [5.74, 6) is 0. The number of nitrogens with one attached hydrogen (secondary N) is 2. The lowest BCUT2D eigenvalue weighted by atomic mass is 10.1. The van der Waals surface area contributed by atoms with Crippen molar-refractivity contribution >= 4 is 39.0 Å². The van der Waals surface area contributed by atoms with Crippen LogP contribution < -0.4 is 5.32 Å². The van der Waals surface area contributed by atoms with Gasteiger partial charge in [0.1, 0.15) is 6.61 Å². The molecule has 0 fully saturated rings. The van der Waals surface area contributed by atoms with Gasteiger partial charge in [0.25, 0.3) is 0 Å². The summed E-state index contributed by atoms with van der Waals surface area (Å²) < 4.78 is 6.20. The Balaban J connectivity index is 1.50. The minimum atomic E-state index is -0.427. The van der Waals surface area contributed by atoms with E-state index in [-0.39, 0.29) is 6.61 Å². The van der Waals surface area contributed by atoms with Crippen LogP contribution >= 0.6 is 15.9 Å². The maximum atomic E-state index is 11.7. The SMILES string of the molecule is O=C(NCC=Cc1c[nH]c2cccc(Br)c12)OCc1ccccc1. The molecule has 5 heteroatoms. The Bertz CT molecular complexity index is 856. The van der Waals surface area contributed by atoms with Gasteiger partial charge in [-0.1, -0.05) is 64.5 Å². The lowest BCUT2D eigenvalue weighted by molar-refractivity contribution is 0.141. The molecule has 1 heterocycles. The van der Waals surface area contributed by atoms with Crippen LogP contribution in [0.4, 0.5) is 4.79 Å². The maximum Gasteiger partial charge on any atom is 0.407 e. The van der Waals surface area contributed by atoms with E-state index in [1.807, 2.05) is 66.9 Å². The molecule has 0 saturated carbocycles. The molecule has 1 amide bonds. The van der Waals surface area contributed by atoms with Crippen molar-refractivity contribution in [3.8, 4) is 0 Å². The van der Waals surface area contributed by atoms with E-state index < -0.39 is 6.09 Å². The van der Waals surface area contributed by atoms with Gasteiger partial charge < -0.3 is 15.0 Å². The lowest BCUT2D eigenvalue weighted by Gasteiger charge is -2.05. The molecule has 122 valence electrons. The van der Waals surface area contributed by atoms with Crippen LogP contribution in [0.15, 0.2) is 65.3 Å². The minimum absolute atomic E-state index is 0.270. The molecule has 4 nitrogen and oxygen atoms in total. The number of rotatable bonds is 5. The highest BCUT2D eigenvalue weighted by Crippen LogP contribution is 2.27. The number of hydrogen-bond donors (Lipinski definition) is 2. The largest absolute Gasteiger partial charge is 0.445 e. The molecule has 0 unspecified atom stereocenters. The molecular weight excluding hydrogens is 368 g/mol. The number of carbonyl (C=O) groups excluding carboxylic acids is 1. The van der Waals surface area contributed by atoms with Gasteiger partial charge in [-0.05, 0) is 17.7 Å². The van der Waals surface area contributed by atoms with Gasteiger partial charge in [0, 0.05) is 33.7 Å². The number of halogens is 1. The van der Waals surface area contributed by atoms with Crippen LogP contribution in [0.1, 0.15) is 11.1 Å². The first-order valence-corrected chi connectivity index (χ1v) is 8.40. The Morgan fingerprint density at radius 2 is 2.00 bits per heavy atom. The van der Waals surface area contributed by atoms with Crippen molar-refractivity contribution in [2.75, 3.05) is 6.54 Å². The molecule has 0 spiro atoms. The van der Waals surface area contributed by atoms with Crippen LogP contribution in [0.5, 0.6) is 0 Å². The molecule has 0 aliphatic rings. The van der Waals surface area contributed by atoms with Crippen LogP contribution in [0.2, 0.25) is 0 Å². The van der Waals surface area contributed by atoms with Gasteiger partial charge >= 0.3 is 6.09 Å². The van der Waals surface area contributed by atoms with Gasteiger partial charge in [0.05, 0.1) is 0 Å². The number of amides is 1. The average molecular weight is 385 g/mol. The monoisotopic (exact) mass is 384 g/mol. The zero-order chi connectivity index (χ0) is 16.8. The standard InChI is InChI=1S/C19H17BrN2O2/c20-16-9-4-10-17-18(16)15(12-22-17)8-5-11-21-19(23)24-13-14-6-2-1-3-7-14/h1-10,12,22H,11,13H2,(H,21,23). The normalized spacial score (nSPS) is 11.0. The van der Waals surface area contributed by atoms with Crippen LogP contribution in [-0.2, 0) is 11.3 Å². The summed E-state index contributed by atoms with van der Waals surface area (Å²) in [4.78, 5) is 14.9. The number of aromatic nitrogens is 1. The van der Waals surface area contributed by atoms with Crippen molar-refractivity contribution in [3.63, 3.8) is 0 Å². The summed E-state index contributed by atoms with van der Waals surface area (Å²) >= 11 is 3.56. The number of aromatic amines is 1. The third-order valence-corrected chi connectivity index (χ3v) is 4.22. The van der Waals surface area contributed by atoms with Gasteiger partial charge in [-0.15, -0.1) is 0 Å². The number of alkyl carbamates (subject to hydrolysis) is 1. The Kier molecular flexibility index (Phi) is 5.33. The van der Waals surface area contributed by atoms with Crippen molar-refractivity contribution in [3.05, 3.63) is 76.4 Å². The topological polar surface area (TPSA) is 54.1 Å². The molecule has 0 radical (unpaired) electrons. The van der Waals surface area contributed by atoms with Gasteiger partial charge in [-0.2, -0.15) is 0 Å². The Morgan fingerprint density at radius 3 is 2.83 bits per heavy atom. The van der Waals surface area contributed by atoms with Crippen molar-refractivity contribution in [1.29, 1.82) is 0 Å². The van der Waals surface area contributed by atoms with Crippen molar-refractivity contribution < 1.29 is 9.53 Å². The van der Waals surface area contributed by atoms with Gasteiger partial charge in [-0.3, -0.25) is 0 Å². The van der Waals surface area contributed by atoms with Gasteiger partial charge in [0.15, 0.2) is 0 Å². The summed E-state index contributed by atoms with van der Waals surface area (Å²) in [5.41, 5.74) is 3.10. The summed E-state index contributed by atoms with van der Waals surface area (Å²) in [6.45, 7) is 0.677. The molecule has 24 heavy (non-hydrogen) atoms. The molecule has 0 aliphatic carbocycles. The smallest absolute Gasteiger partial charge is 0.407 e. The van der Waals surface area contributed by atoms with Crippen LogP contribution in [-0.4, -0.2) is 17.6 Å². The van der Waals surface area contributed by atoms with E-state index in [0.717, 1.165) is 26.5 Å². The highest BCUT2D eigenvalue weighted by atomic mass is 79.9. The third-order valence-electron chi connectivity index (χ3n) is 3.56. The highest BCUT2D eigenvalue weighted by Gasteiger charge is 2.04. The number of fused-ring (bicyclic) bond motifs is 1. The van der Waals surface area contributed by atoms with E-state index in [9.17, 15) is 4.79 Å². The molecular formula is C19H17BrN2O2. The number of carbonyl (C=O) groups is 1. The van der Waals surface area contributed by atoms with Crippen LogP contribution in [0.3, 0.4) is 0 Å². The van der Waals surface area contributed by atoms with E-state index in [0.29, 0.717) is 6.54 Å². The maximum absolute atomic E-state index is 11.7. The quantitative estimate of drug-likeness (QED) is 0.659. The minimum Gasteiger partial charge on any atom is -0.445 e. The summed E-state index contributed by atoms with van der Waals surface area (Å²) in [6, 6.07) is 15.6. The summed E-state index contributed by atoms with van der Waals surface area (Å²) in [7, 11) is 0. The molecule has 0 aliphatic heterocycles. The number of ether oxygens (including phenoxy) is 1. The highest BCUT2D eigenvalue weighted by molar-refractivity contribution is 9.10. The molecule has 2 aromatic carbocycles. The van der Waals surface area contributed by atoms with E-state index >= 15 is 0 Å². The molecule has 0 atom stereocenters. The predicted molar refractivity (Wildman–Crippen MR) is 99.7 cm³/mol. The first kappa shape index (κ1) is 16.3. The third kappa shape index (κ3) is 4.06. The fourth-order valence-corrected chi connectivity index (χ4v) is 2.99. The lowest BCUT2D eigenvalue weighted by Crippen LogP contribution is -2.24. The number of benzene rings is 2. The summed E-state index contributed by atoms with van der Waals surface area (Å²) in [6.07, 6.45) is 5.38. The predicted octanol–water partition coefficient (Wildman–Crippen LogP) is 4.87. The molecule has 3 rings (SSSR count). The van der Waals surface area contributed by atoms with Crippen molar-refractivity contribution in [2.24, 2.45) is 0 Å². The first-order valence-electron chi connectivity index (χ1n) is 7.61. The second kappa shape index (κ2) is 7.84. The Hall–Kier alpha value is -2.53. The van der Waals surface area contributed by atoms with E-state index in [1.54, 1.807) is 0 Å². The molecule has 3 aromatic rings. The fraction of sp³-hybridized carbons (Fsp3) is 0.105. The van der Waals surface area contributed by atoms with E-state index in [1.165, 1.54) is 0 Å². The second-order valence-electron chi connectivity index (χ2n) is 5.25. The molecule has 1 aromatic heterocycles. The van der Waals surface area contributed by atoms with Crippen LogP contribution in [0.25, 0.3) is 17.0 Å². The fourth-order valence-electron chi connectivity index (χ4n) is 2.40. The van der Waals surface area contributed by atoms with Gasteiger partial charge in [0.2, 0.25) is 0 Å². The molecule has 0 saturated heterocycles. The molecule has 0 bridgehead atoms.